The third-order valence-electron chi connectivity index (χ3n) is 8.44. The van der Waals surface area contributed by atoms with E-state index in [2.05, 4.69) is 50.9 Å². The summed E-state index contributed by atoms with van der Waals surface area (Å²) >= 11 is 0. The van der Waals surface area contributed by atoms with Crippen LogP contribution in [0.4, 0.5) is 4.39 Å². The maximum atomic E-state index is 13.9. The van der Waals surface area contributed by atoms with E-state index in [9.17, 15) is 14.3 Å². The van der Waals surface area contributed by atoms with Crippen molar-refractivity contribution in [1.82, 2.24) is 4.90 Å². The fourth-order valence-corrected chi connectivity index (χ4v) is 6.02. The average molecular weight is 514 g/mol. The van der Waals surface area contributed by atoms with Crippen LogP contribution in [-0.2, 0) is 39.2 Å². The lowest BCUT2D eigenvalue weighted by molar-refractivity contribution is -0.143. The molecule has 0 saturated carbocycles. The fourth-order valence-electron chi connectivity index (χ4n) is 5.06. The predicted octanol–water partition coefficient (Wildman–Crippen LogP) is 6.11. The van der Waals surface area contributed by atoms with Crippen molar-refractivity contribution >= 4 is 14.3 Å². The Kier molecular flexibility index (Phi) is 7.77. The molecule has 2 aromatic carbocycles. The van der Waals surface area contributed by atoms with Gasteiger partial charge in [0.15, 0.2) is 8.32 Å². The van der Waals surface area contributed by atoms with Gasteiger partial charge in [0.1, 0.15) is 5.82 Å². The van der Waals surface area contributed by atoms with Crippen molar-refractivity contribution in [2.24, 2.45) is 5.92 Å². The highest BCUT2D eigenvalue weighted by Gasteiger charge is 2.43. The standard InChI is InChI=1S/C29H40FNO4Si/c1-28(2,3)36(4,5)35-19-22-8-6-7-21(15-22)16-24(27(32)33)18-31-13-11-29(12-14-31)26-17-25(30)10-9-23(26)20-34-29/h6-10,15,17,24H,11-14,16,18-20H2,1-5H3,(H,32,33). The van der Waals surface area contributed by atoms with Gasteiger partial charge in [0, 0.05) is 19.6 Å². The topological polar surface area (TPSA) is 59.0 Å². The number of aliphatic carboxylic acids is 1. The van der Waals surface area contributed by atoms with Gasteiger partial charge in [-0.3, -0.25) is 4.79 Å². The van der Waals surface area contributed by atoms with Crippen LogP contribution in [0, 0.1) is 11.7 Å². The van der Waals surface area contributed by atoms with Gasteiger partial charge in [-0.05, 0) is 71.8 Å². The summed E-state index contributed by atoms with van der Waals surface area (Å²) in [7, 11) is -1.86. The molecule has 0 amide bonds. The van der Waals surface area contributed by atoms with Crippen LogP contribution in [0.25, 0.3) is 0 Å². The summed E-state index contributed by atoms with van der Waals surface area (Å²) in [5.74, 6) is -1.50. The van der Waals surface area contributed by atoms with E-state index in [1.165, 1.54) is 6.07 Å². The second kappa shape index (κ2) is 10.4. The number of rotatable bonds is 8. The molecule has 2 heterocycles. The van der Waals surface area contributed by atoms with Crippen LogP contribution in [0.15, 0.2) is 42.5 Å². The number of benzene rings is 2. The number of hydrogen-bond donors (Lipinski definition) is 1. The molecular formula is C29H40FNO4Si. The molecule has 0 radical (unpaired) electrons. The molecule has 1 N–H and O–H groups in total. The van der Waals surface area contributed by atoms with E-state index in [-0.39, 0.29) is 10.9 Å². The van der Waals surface area contributed by atoms with Gasteiger partial charge in [-0.15, -0.1) is 0 Å². The van der Waals surface area contributed by atoms with Gasteiger partial charge >= 0.3 is 5.97 Å². The Hall–Kier alpha value is -2.06. The van der Waals surface area contributed by atoms with E-state index >= 15 is 0 Å². The van der Waals surface area contributed by atoms with Crippen LogP contribution in [0.1, 0.15) is 55.9 Å². The van der Waals surface area contributed by atoms with Gasteiger partial charge in [-0.2, -0.15) is 0 Å². The lowest BCUT2D eigenvalue weighted by atomic mass is 9.83. The first-order valence-electron chi connectivity index (χ1n) is 13.0. The second-order valence-corrected chi connectivity index (χ2v) is 16.8. The summed E-state index contributed by atoms with van der Waals surface area (Å²) in [5.41, 5.74) is 3.70. The third kappa shape index (κ3) is 5.91. The Morgan fingerprint density at radius 3 is 2.53 bits per heavy atom. The largest absolute Gasteiger partial charge is 0.481 e. The molecule has 2 aliphatic heterocycles. The highest BCUT2D eigenvalue weighted by molar-refractivity contribution is 6.74. The maximum Gasteiger partial charge on any atom is 0.308 e. The molecule has 1 unspecified atom stereocenters. The molecule has 196 valence electrons. The summed E-state index contributed by atoms with van der Waals surface area (Å²) in [6.07, 6.45) is 1.97. The molecule has 1 atom stereocenters. The molecule has 0 aromatic heterocycles. The predicted molar refractivity (Wildman–Crippen MR) is 142 cm³/mol. The molecule has 2 aliphatic rings. The quantitative estimate of drug-likeness (QED) is 0.432. The molecule has 5 nitrogen and oxygen atoms in total. The van der Waals surface area contributed by atoms with Gasteiger partial charge in [0.25, 0.3) is 0 Å². The Morgan fingerprint density at radius 2 is 1.86 bits per heavy atom. The molecule has 1 spiro atoms. The Labute approximate surface area is 215 Å². The molecule has 2 aromatic rings. The highest BCUT2D eigenvalue weighted by atomic mass is 28.4. The van der Waals surface area contributed by atoms with Crippen molar-refractivity contribution in [2.75, 3.05) is 19.6 Å². The van der Waals surface area contributed by atoms with E-state index in [4.69, 9.17) is 9.16 Å². The fraction of sp³-hybridized carbons (Fsp3) is 0.552. The number of carbonyl (C=O) groups is 1. The number of carboxylic acid groups (broad SMARTS) is 1. The minimum atomic E-state index is -1.86. The number of halogens is 1. The van der Waals surface area contributed by atoms with Crippen LogP contribution < -0.4 is 0 Å². The molecule has 0 bridgehead atoms. The highest BCUT2D eigenvalue weighted by Crippen LogP contribution is 2.44. The van der Waals surface area contributed by atoms with Crippen molar-refractivity contribution in [2.45, 2.75) is 77.0 Å². The number of likely N-dealkylation sites (tertiary alicyclic amines) is 1. The van der Waals surface area contributed by atoms with Crippen LogP contribution in [0.5, 0.6) is 0 Å². The first kappa shape index (κ1) is 27.0. The number of carboxylic acids is 1. The number of fused-ring (bicyclic) bond motifs is 2. The first-order valence-corrected chi connectivity index (χ1v) is 15.9. The zero-order chi connectivity index (χ0) is 26.1. The van der Waals surface area contributed by atoms with Crippen LogP contribution in [-0.4, -0.2) is 43.9 Å². The van der Waals surface area contributed by atoms with Crippen molar-refractivity contribution < 1.29 is 23.5 Å². The van der Waals surface area contributed by atoms with Gasteiger partial charge in [-0.25, -0.2) is 4.39 Å². The van der Waals surface area contributed by atoms with Crippen molar-refractivity contribution in [1.29, 1.82) is 0 Å². The van der Waals surface area contributed by atoms with E-state index in [1.54, 1.807) is 6.07 Å². The van der Waals surface area contributed by atoms with E-state index in [1.807, 2.05) is 18.2 Å². The maximum absolute atomic E-state index is 13.9. The number of ether oxygens (including phenoxy) is 1. The molecule has 4 rings (SSSR count). The third-order valence-corrected chi connectivity index (χ3v) is 12.9. The number of nitrogens with zero attached hydrogens (tertiary/aromatic N) is 1. The Balaban J connectivity index is 1.36. The molecule has 0 aliphatic carbocycles. The van der Waals surface area contributed by atoms with Crippen LogP contribution in [0.2, 0.25) is 18.1 Å². The molecule has 1 saturated heterocycles. The summed E-state index contributed by atoms with van der Waals surface area (Å²) < 4.78 is 26.4. The van der Waals surface area contributed by atoms with Crippen LogP contribution in [0.3, 0.4) is 0 Å². The van der Waals surface area contributed by atoms with Gasteiger partial charge in [-0.1, -0.05) is 51.1 Å². The van der Waals surface area contributed by atoms with Gasteiger partial charge < -0.3 is 19.2 Å². The molecule has 7 heteroatoms. The summed E-state index contributed by atoms with van der Waals surface area (Å²) in [6, 6.07) is 13.1. The normalized spacial score (nSPS) is 18.8. The Morgan fingerprint density at radius 1 is 1.17 bits per heavy atom. The number of hydrogen-bond acceptors (Lipinski definition) is 4. The van der Waals surface area contributed by atoms with E-state index < -0.39 is 25.8 Å². The molecule has 1 fully saturated rings. The SMILES string of the molecule is CC(C)(C)[Si](C)(C)OCc1cccc(CC(CN2CCC3(CC2)OCc2ccc(F)cc23)C(=O)O)c1. The minimum absolute atomic E-state index is 0.145. The van der Waals surface area contributed by atoms with Gasteiger partial charge in [0.05, 0.1) is 24.7 Å². The van der Waals surface area contributed by atoms with Crippen molar-refractivity contribution in [3.8, 4) is 0 Å². The first-order chi connectivity index (χ1) is 16.9. The van der Waals surface area contributed by atoms with E-state index in [0.29, 0.717) is 26.2 Å². The zero-order valence-corrected chi connectivity index (χ0v) is 23.3. The minimum Gasteiger partial charge on any atom is -0.481 e. The smallest absolute Gasteiger partial charge is 0.308 e. The Bertz CT molecular complexity index is 1090. The van der Waals surface area contributed by atoms with Crippen LogP contribution >= 0.6 is 0 Å². The lowest BCUT2D eigenvalue weighted by Gasteiger charge is -2.40. The van der Waals surface area contributed by atoms with Gasteiger partial charge in [0.2, 0.25) is 0 Å². The lowest BCUT2D eigenvalue weighted by Crippen LogP contribution is -2.45. The second-order valence-electron chi connectivity index (χ2n) is 12.0. The molecular weight excluding hydrogens is 473 g/mol. The summed E-state index contributed by atoms with van der Waals surface area (Å²) in [4.78, 5) is 14.4. The van der Waals surface area contributed by atoms with E-state index in [0.717, 1.165) is 48.2 Å². The monoisotopic (exact) mass is 513 g/mol. The van der Waals surface area contributed by atoms with Crippen molar-refractivity contribution in [3.63, 3.8) is 0 Å². The summed E-state index contributed by atoms with van der Waals surface area (Å²) in [6.45, 7) is 14.2. The zero-order valence-electron chi connectivity index (χ0n) is 22.3. The average Bonchev–Trinajstić information content (AvgIpc) is 3.15. The van der Waals surface area contributed by atoms with Crippen molar-refractivity contribution in [3.05, 3.63) is 70.5 Å². The summed E-state index contributed by atoms with van der Waals surface area (Å²) in [5, 5.41) is 10.1. The molecule has 36 heavy (non-hydrogen) atoms. The number of piperidine rings is 1.